The number of fused-ring (bicyclic) bond motifs is 7. The monoisotopic (exact) mass is 1050 g/mol. The van der Waals surface area contributed by atoms with Gasteiger partial charge in [0.2, 0.25) is 0 Å². The van der Waals surface area contributed by atoms with Gasteiger partial charge in [-0.1, -0.05) is 212 Å². The summed E-state index contributed by atoms with van der Waals surface area (Å²) in [6.07, 6.45) is 6.57. The van der Waals surface area contributed by atoms with Crippen LogP contribution in [0.25, 0.3) is 117 Å². The normalized spacial score (nSPS) is 12.5. The van der Waals surface area contributed by atoms with Crippen LogP contribution in [0, 0.1) is 6.92 Å². The molecule has 0 spiro atoms. The van der Waals surface area contributed by atoms with Gasteiger partial charge in [0.15, 0.2) is 17.5 Å². The van der Waals surface area contributed by atoms with Crippen molar-refractivity contribution in [2.75, 3.05) is 4.90 Å². The predicted molar refractivity (Wildman–Crippen MR) is 345 cm³/mol. The molecule has 0 amide bonds. The standard InChI is InChI=1S/C76H54BN5/c1-4-24-50(5-2)56-39-40-68-64(45-56)65-46-61(53-29-15-8-16-30-53)47-66-71-49(3)63(57-35-23-36-58(41-57)76-79-74(54-31-17-9-18-32-54)78-75(80-76)55-33-19-10-20-34-55)48-70-72(71)77(82(68)73(65)66)67-37-21-22-38-69(67)81(70)62-43-59(51-25-11-6-12-26-51)42-60(44-62)52-27-13-7-14-28-52/h4-48H,1-3H3/b24-4-,50-5+. The fourth-order valence-electron chi connectivity index (χ4n) is 12.9. The zero-order chi connectivity index (χ0) is 54.8. The molecular formula is C76H54BN5. The van der Waals surface area contributed by atoms with Crippen molar-refractivity contribution in [2.24, 2.45) is 0 Å². The summed E-state index contributed by atoms with van der Waals surface area (Å²) in [5.74, 6) is 1.88. The van der Waals surface area contributed by atoms with Crippen LogP contribution in [0.3, 0.4) is 0 Å². The summed E-state index contributed by atoms with van der Waals surface area (Å²) in [5.41, 5.74) is 26.4. The lowest BCUT2D eigenvalue weighted by Gasteiger charge is -2.42. The Labute approximate surface area is 478 Å². The third kappa shape index (κ3) is 8.13. The van der Waals surface area contributed by atoms with Crippen LogP contribution in [-0.2, 0) is 0 Å². The Morgan fingerprint density at radius 1 is 0.415 bits per heavy atom. The van der Waals surface area contributed by atoms with E-state index in [0.717, 1.165) is 67.1 Å². The highest BCUT2D eigenvalue weighted by Crippen LogP contribution is 2.51. The van der Waals surface area contributed by atoms with Crippen molar-refractivity contribution in [3.8, 4) is 89.8 Å². The van der Waals surface area contributed by atoms with Crippen molar-refractivity contribution < 1.29 is 0 Å². The van der Waals surface area contributed by atoms with Crippen LogP contribution in [-0.4, -0.2) is 26.3 Å². The highest BCUT2D eigenvalue weighted by atomic mass is 15.2. The Kier molecular flexibility index (Phi) is 11.9. The van der Waals surface area contributed by atoms with E-state index in [2.05, 4.69) is 267 Å². The Hall–Kier alpha value is -10.4. The smallest absolute Gasteiger partial charge is 0.333 e. The van der Waals surface area contributed by atoms with E-state index in [9.17, 15) is 0 Å². The molecule has 0 aliphatic carbocycles. The van der Waals surface area contributed by atoms with Gasteiger partial charge in [0.05, 0.1) is 0 Å². The first-order chi connectivity index (χ1) is 40.5. The Balaban J connectivity index is 1.05. The van der Waals surface area contributed by atoms with Crippen molar-refractivity contribution in [2.45, 2.75) is 20.8 Å². The average molecular weight is 1050 g/mol. The average Bonchev–Trinajstić information content (AvgIpc) is 2.83. The summed E-state index contributed by atoms with van der Waals surface area (Å²) in [6.45, 7) is 6.42. The Morgan fingerprint density at radius 3 is 1.51 bits per heavy atom. The highest BCUT2D eigenvalue weighted by molar-refractivity contribution is 6.90. The molecule has 0 saturated carbocycles. The number of benzene rings is 11. The number of rotatable bonds is 10. The van der Waals surface area contributed by atoms with Crippen LogP contribution in [0.5, 0.6) is 0 Å². The topological polar surface area (TPSA) is 46.8 Å². The van der Waals surface area contributed by atoms with Gasteiger partial charge in [-0.05, 0) is 159 Å². The van der Waals surface area contributed by atoms with E-state index in [1.807, 2.05) is 36.4 Å². The second-order valence-electron chi connectivity index (χ2n) is 21.4. The Morgan fingerprint density at radius 2 is 0.927 bits per heavy atom. The summed E-state index contributed by atoms with van der Waals surface area (Å²) in [6, 6.07) is 92.5. The predicted octanol–water partition coefficient (Wildman–Crippen LogP) is 18.4. The zero-order valence-corrected chi connectivity index (χ0v) is 45.8. The van der Waals surface area contributed by atoms with Crippen molar-refractivity contribution in [3.05, 3.63) is 284 Å². The number of anilines is 3. The molecule has 0 atom stereocenters. The first kappa shape index (κ1) is 48.7. The lowest BCUT2D eigenvalue weighted by molar-refractivity contribution is 1.07. The third-order valence-electron chi connectivity index (χ3n) is 16.6. The molecule has 2 aliphatic rings. The molecule has 386 valence electrons. The van der Waals surface area contributed by atoms with Gasteiger partial charge in [-0.25, -0.2) is 15.0 Å². The number of para-hydroxylation sites is 1. The molecule has 6 heteroatoms. The van der Waals surface area contributed by atoms with Gasteiger partial charge in [-0.2, -0.15) is 0 Å². The number of hydrogen-bond acceptors (Lipinski definition) is 4. The second kappa shape index (κ2) is 20.0. The van der Waals surface area contributed by atoms with Crippen LogP contribution < -0.4 is 15.8 Å². The maximum Gasteiger partial charge on any atom is 0.333 e. The summed E-state index contributed by atoms with van der Waals surface area (Å²) < 4.78 is 2.68. The van der Waals surface area contributed by atoms with Crippen LogP contribution in [0.2, 0.25) is 0 Å². The van der Waals surface area contributed by atoms with Gasteiger partial charge >= 0.3 is 6.85 Å². The van der Waals surface area contributed by atoms with Gasteiger partial charge in [0.25, 0.3) is 0 Å². The molecule has 2 aromatic heterocycles. The van der Waals surface area contributed by atoms with Crippen LogP contribution in [0.1, 0.15) is 25.0 Å². The van der Waals surface area contributed by atoms with E-state index in [1.54, 1.807) is 0 Å². The Bertz CT molecular complexity index is 4590. The molecule has 11 aromatic carbocycles. The van der Waals surface area contributed by atoms with Crippen molar-refractivity contribution in [1.29, 1.82) is 0 Å². The summed E-state index contributed by atoms with van der Waals surface area (Å²) in [7, 11) is 0. The molecule has 13 aromatic rings. The van der Waals surface area contributed by atoms with Crippen LogP contribution in [0.4, 0.5) is 17.1 Å². The number of allylic oxidation sites excluding steroid dienone is 4. The first-order valence-corrected chi connectivity index (χ1v) is 28.3. The lowest BCUT2D eigenvalue weighted by Crippen LogP contribution is -2.56. The van der Waals surface area contributed by atoms with E-state index in [0.29, 0.717) is 17.5 Å². The molecule has 15 rings (SSSR count). The van der Waals surface area contributed by atoms with Gasteiger partial charge in [-0.15, -0.1) is 0 Å². The second-order valence-corrected chi connectivity index (χ2v) is 21.4. The zero-order valence-electron chi connectivity index (χ0n) is 45.8. The van der Waals surface area contributed by atoms with Gasteiger partial charge in [-0.3, -0.25) is 0 Å². The van der Waals surface area contributed by atoms with Crippen LogP contribution >= 0.6 is 0 Å². The molecular weight excluding hydrogens is 994 g/mol. The summed E-state index contributed by atoms with van der Waals surface area (Å²) >= 11 is 0. The largest absolute Gasteiger partial charge is 0.375 e. The minimum atomic E-state index is -0.155. The molecule has 82 heavy (non-hydrogen) atoms. The van der Waals surface area contributed by atoms with Crippen molar-refractivity contribution in [3.63, 3.8) is 0 Å². The number of hydrogen-bond donors (Lipinski definition) is 0. The van der Waals surface area contributed by atoms with E-state index < -0.39 is 0 Å². The quantitative estimate of drug-likeness (QED) is 0.101. The minimum absolute atomic E-state index is 0.155. The summed E-state index contributed by atoms with van der Waals surface area (Å²) in [4.78, 5) is 18.1. The van der Waals surface area contributed by atoms with E-state index in [4.69, 9.17) is 15.0 Å². The highest BCUT2D eigenvalue weighted by Gasteiger charge is 2.44. The summed E-state index contributed by atoms with van der Waals surface area (Å²) in [5, 5.41) is 2.48. The van der Waals surface area contributed by atoms with Gasteiger partial charge in [0.1, 0.15) is 0 Å². The molecule has 0 saturated heterocycles. The number of aromatic nitrogens is 4. The van der Waals surface area contributed by atoms with Crippen LogP contribution in [0.15, 0.2) is 273 Å². The van der Waals surface area contributed by atoms with Gasteiger partial charge < -0.3 is 9.38 Å². The molecule has 4 heterocycles. The molecule has 0 unspecified atom stereocenters. The maximum absolute atomic E-state index is 5.23. The lowest BCUT2D eigenvalue weighted by atomic mass is 9.44. The van der Waals surface area contributed by atoms with E-state index in [-0.39, 0.29) is 6.85 Å². The first-order valence-electron chi connectivity index (χ1n) is 28.3. The molecule has 0 bridgehead atoms. The fraction of sp³-hybridized carbons (Fsp3) is 0.0395. The maximum atomic E-state index is 5.23. The molecule has 5 nitrogen and oxygen atoms in total. The SMILES string of the molecule is C/C=C\C(=C/C)c1ccc2c(c1)c1cc(-c3ccccc3)cc3c1n2B1c2ccccc2N(c2cc(-c4ccccc4)cc(-c4ccccc4)c2)c2cc(-c4cccc(-c5nc(-c6ccccc6)nc(-c6ccccc6)n5)c4)c(C)c-3c21. The number of nitrogens with zero attached hydrogens (tertiary/aromatic N) is 5. The molecule has 0 radical (unpaired) electrons. The minimum Gasteiger partial charge on any atom is -0.375 e. The van der Waals surface area contributed by atoms with E-state index in [1.165, 1.54) is 71.7 Å². The van der Waals surface area contributed by atoms with Crippen molar-refractivity contribution in [1.82, 2.24) is 19.4 Å². The van der Waals surface area contributed by atoms with Crippen molar-refractivity contribution >= 4 is 62.2 Å². The third-order valence-corrected chi connectivity index (χ3v) is 16.6. The molecule has 2 aliphatic heterocycles. The van der Waals surface area contributed by atoms with E-state index >= 15 is 0 Å². The molecule has 0 fully saturated rings. The van der Waals surface area contributed by atoms with Gasteiger partial charge in [0, 0.05) is 61.1 Å². The molecule has 0 N–H and O–H groups in total. The fourth-order valence-corrected chi connectivity index (χ4v) is 12.9.